The van der Waals surface area contributed by atoms with Crippen LogP contribution in [0.3, 0.4) is 0 Å². The van der Waals surface area contributed by atoms with Gasteiger partial charge in [-0.2, -0.15) is 0 Å². The smallest absolute Gasteiger partial charge is 0.166 e. The van der Waals surface area contributed by atoms with E-state index in [1.807, 2.05) is 35.0 Å². The van der Waals surface area contributed by atoms with E-state index in [0.29, 0.717) is 0 Å². The number of aldehydes is 1. The number of aryl methyl sites for hydroxylation is 2. The molecule has 5 heteroatoms. The van der Waals surface area contributed by atoms with E-state index in [2.05, 4.69) is 22.6 Å². The predicted molar refractivity (Wildman–Crippen MR) is 90.4 cm³/mol. The molecule has 0 saturated heterocycles. The highest BCUT2D eigenvalue weighted by atomic mass is 127. The first-order chi connectivity index (χ1) is 10.2. The Labute approximate surface area is 138 Å². The Morgan fingerprint density at radius 1 is 1.24 bits per heavy atom. The maximum Gasteiger partial charge on any atom is 0.166 e. The lowest BCUT2D eigenvalue weighted by Gasteiger charge is -2.12. The van der Waals surface area contributed by atoms with Gasteiger partial charge in [0, 0.05) is 16.3 Å². The number of halogens is 1. The van der Waals surface area contributed by atoms with Crippen molar-refractivity contribution >= 4 is 28.9 Å². The van der Waals surface area contributed by atoms with Gasteiger partial charge < -0.3 is 14.0 Å². The fourth-order valence-electron chi connectivity index (χ4n) is 2.27. The summed E-state index contributed by atoms with van der Waals surface area (Å²) in [5.41, 5.74) is 1.95. The number of hydrogen-bond acceptors (Lipinski definition) is 3. The SMILES string of the molecule is COc1cc(I)c(CCCn2cccc2C=O)cc1OC. The second-order valence-electron chi connectivity index (χ2n) is 4.65. The van der Waals surface area contributed by atoms with Gasteiger partial charge in [-0.15, -0.1) is 0 Å². The van der Waals surface area contributed by atoms with E-state index in [1.165, 1.54) is 5.56 Å². The van der Waals surface area contributed by atoms with Gasteiger partial charge in [-0.3, -0.25) is 4.79 Å². The highest BCUT2D eigenvalue weighted by Crippen LogP contribution is 2.31. The standard InChI is InChI=1S/C16H18INO3/c1-20-15-9-12(14(17)10-16(15)21-2)5-3-7-18-8-4-6-13(18)11-19/h4,6,8-11H,3,5,7H2,1-2H3. The van der Waals surface area contributed by atoms with Crippen LogP contribution in [0.25, 0.3) is 0 Å². The lowest BCUT2D eigenvalue weighted by molar-refractivity contribution is 0.111. The monoisotopic (exact) mass is 399 g/mol. The Morgan fingerprint density at radius 2 is 1.95 bits per heavy atom. The Kier molecular flexibility index (Phi) is 5.67. The molecule has 2 aromatic rings. The molecule has 0 atom stereocenters. The molecule has 0 fully saturated rings. The van der Waals surface area contributed by atoms with Crippen molar-refractivity contribution < 1.29 is 14.3 Å². The van der Waals surface area contributed by atoms with Crippen LogP contribution in [0, 0.1) is 3.57 Å². The summed E-state index contributed by atoms with van der Waals surface area (Å²) in [6.45, 7) is 0.825. The maximum atomic E-state index is 10.9. The molecule has 4 nitrogen and oxygen atoms in total. The molecule has 0 bridgehead atoms. The third kappa shape index (κ3) is 3.78. The molecule has 21 heavy (non-hydrogen) atoms. The molecule has 2 rings (SSSR count). The van der Waals surface area contributed by atoms with E-state index >= 15 is 0 Å². The Hall–Kier alpha value is -1.50. The van der Waals surface area contributed by atoms with Crippen molar-refractivity contribution in [3.8, 4) is 11.5 Å². The summed E-state index contributed by atoms with van der Waals surface area (Å²) >= 11 is 2.31. The molecule has 0 unspecified atom stereocenters. The van der Waals surface area contributed by atoms with Gasteiger partial charge >= 0.3 is 0 Å². The molecule has 0 aliphatic heterocycles. The minimum Gasteiger partial charge on any atom is -0.493 e. The minimum absolute atomic E-state index is 0.719. The van der Waals surface area contributed by atoms with Crippen LogP contribution in [0.15, 0.2) is 30.5 Å². The van der Waals surface area contributed by atoms with Gasteiger partial charge in [0.15, 0.2) is 17.8 Å². The van der Waals surface area contributed by atoms with E-state index in [-0.39, 0.29) is 0 Å². The fourth-order valence-corrected chi connectivity index (χ4v) is 2.97. The van der Waals surface area contributed by atoms with Crippen LogP contribution >= 0.6 is 22.6 Å². The van der Waals surface area contributed by atoms with Crippen molar-refractivity contribution in [1.82, 2.24) is 4.57 Å². The zero-order valence-electron chi connectivity index (χ0n) is 12.1. The number of rotatable bonds is 7. The third-order valence-corrected chi connectivity index (χ3v) is 4.39. The summed E-state index contributed by atoms with van der Waals surface area (Å²) in [5, 5.41) is 0. The second-order valence-corrected chi connectivity index (χ2v) is 5.81. The van der Waals surface area contributed by atoms with Crippen molar-refractivity contribution in [2.45, 2.75) is 19.4 Å². The van der Waals surface area contributed by atoms with Crippen LogP contribution in [0.2, 0.25) is 0 Å². The summed E-state index contributed by atoms with van der Waals surface area (Å²) in [6, 6.07) is 7.73. The molecule has 0 N–H and O–H groups in total. The number of ether oxygens (including phenoxy) is 2. The number of benzene rings is 1. The first kappa shape index (κ1) is 15.9. The van der Waals surface area contributed by atoms with Gasteiger partial charge in [-0.05, 0) is 65.3 Å². The molecular weight excluding hydrogens is 381 g/mol. The van der Waals surface area contributed by atoms with Crippen LogP contribution in [0.4, 0.5) is 0 Å². The normalized spacial score (nSPS) is 10.4. The number of carbonyl (C=O) groups is 1. The third-order valence-electron chi connectivity index (χ3n) is 3.38. The molecule has 112 valence electrons. The number of methoxy groups -OCH3 is 2. The van der Waals surface area contributed by atoms with Gasteiger partial charge in [-0.1, -0.05) is 0 Å². The van der Waals surface area contributed by atoms with Crippen molar-refractivity contribution in [3.63, 3.8) is 0 Å². The molecule has 0 amide bonds. The molecule has 1 heterocycles. The van der Waals surface area contributed by atoms with E-state index in [1.54, 1.807) is 14.2 Å². The van der Waals surface area contributed by atoms with Crippen molar-refractivity contribution in [3.05, 3.63) is 45.3 Å². The quantitative estimate of drug-likeness (QED) is 0.528. The number of hydrogen-bond donors (Lipinski definition) is 0. The van der Waals surface area contributed by atoms with E-state index < -0.39 is 0 Å². The molecular formula is C16H18INO3. The Morgan fingerprint density at radius 3 is 2.62 bits per heavy atom. The van der Waals surface area contributed by atoms with Crippen LogP contribution < -0.4 is 9.47 Å². The zero-order chi connectivity index (χ0) is 15.2. The van der Waals surface area contributed by atoms with Crippen molar-refractivity contribution in [1.29, 1.82) is 0 Å². The molecule has 0 saturated carbocycles. The summed E-state index contributed by atoms with van der Waals surface area (Å²) in [5.74, 6) is 1.50. The van der Waals surface area contributed by atoms with Crippen LogP contribution in [0.1, 0.15) is 22.5 Å². The number of aromatic nitrogens is 1. The average molecular weight is 399 g/mol. The predicted octanol–water partition coefficient (Wildman–Crippen LogP) is 3.56. The van der Waals surface area contributed by atoms with E-state index in [9.17, 15) is 4.79 Å². The van der Waals surface area contributed by atoms with Gasteiger partial charge in [0.05, 0.1) is 19.9 Å². The van der Waals surface area contributed by atoms with Gasteiger partial charge in [0.25, 0.3) is 0 Å². The fraction of sp³-hybridized carbons (Fsp3) is 0.312. The molecule has 0 radical (unpaired) electrons. The average Bonchev–Trinajstić information content (AvgIpc) is 2.95. The van der Waals surface area contributed by atoms with Crippen LogP contribution in [0.5, 0.6) is 11.5 Å². The van der Waals surface area contributed by atoms with Crippen molar-refractivity contribution in [2.24, 2.45) is 0 Å². The van der Waals surface area contributed by atoms with Crippen LogP contribution in [-0.2, 0) is 13.0 Å². The second kappa shape index (κ2) is 7.49. The van der Waals surface area contributed by atoms with E-state index in [4.69, 9.17) is 9.47 Å². The lowest BCUT2D eigenvalue weighted by atomic mass is 10.1. The summed E-state index contributed by atoms with van der Waals surface area (Å²) in [6.07, 6.45) is 4.71. The molecule has 1 aromatic carbocycles. The molecule has 1 aromatic heterocycles. The lowest BCUT2D eigenvalue weighted by Crippen LogP contribution is -2.03. The van der Waals surface area contributed by atoms with Gasteiger partial charge in [0.1, 0.15) is 0 Å². The Balaban J connectivity index is 2.04. The number of carbonyl (C=O) groups excluding carboxylic acids is 1. The first-order valence-electron chi connectivity index (χ1n) is 6.70. The summed E-state index contributed by atoms with van der Waals surface area (Å²) < 4.78 is 13.8. The number of nitrogens with zero attached hydrogens (tertiary/aromatic N) is 1. The molecule has 0 aliphatic rings. The topological polar surface area (TPSA) is 40.5 Å². The van der Waals surface area contributed by atoms with Crippen LogP contribution in [-0.4, -0.2) is 25.1 Å². The van der Waals surface area contributed by atoms with Gasteiger partial charge in [0.2, 0.25) is 0 Å². The summed E-state index contributed by atoms with van der Waals surface area (Å²) in [4.78, 5) is 10.9. The Bertz CT molecular complexity index is 622. The van der Waals surface area contributed by atoms with E-state index in [0.717, 1.165) is 46.4 Å². The summed E-state index contributed by atoms with van der Waals surface area (Å²) in [7, 11) is 3.28. The molecule has 0 aliphatic carbocycles. The minimum atomic E-state index is 0.719. The van der Waals surface area contributed by atoms with Gasteiger partial charge in [-0.25, -0.2) is 0 Å². The highest BCUT2D eigenvalue weighted by molar-refractivity contribution is 14.1. The molecule has 0 spiro atoms. The maximum absolute atomic E-state index is 10.9. The first-order valence-corrected chi connectivity index (χ1v) is 7.78. The largest absolute Gasteiger partial charge is 0.493 e. The van der Waals surface area contributed by atoms with Crippen molar-refractivity contribution in [2.75, 3.05) is 14.2 Å². The zero-order valence-corrected chi connectivity index (χ0v) is 14.3. The highest BCUT2D eigenvalue weighted by Gasteiger charge is 2.09.